The van der Waals surface area contributed by atoms with Crippen molar-refractivity contribution in [1.29, 1.82) is 0 Å². The number of benzene rings is 2. The van der Waals surface area contributed by atoms with E-state index >= 15 is 0 Å². The Hall–Kier alpha value is -4.18. The number of hydrogen-bond acceptors (Lipinski definition) is 8. The van der Waals surface area contributed by atoms with Gasteiger partial charge in [0, 0.05) is 10.4 Å². The van der Waals surface area contributed by atoms with Crippen molar-refractivity contribution in [1.82, 2.24) is 5.32 Å². The zero-order valence-electron chi connectivity index (χ0n) is 19.2. The minimum absolute atomic E-state index is 0.184. The summed E-state index contributed by atoms with van der Waals surface area (Å²) in [6, 6.07) is 17.5. The minimum atomic E-state index is -0.794. The molecule has 0 unspecified atom stereocenters. The van der Waals surface area contributed by atoms with Crippen molar-refractivity contribution in [3.05, 3.63) is 71.1 Å². The van der Waals surface area contributed by atoms with E-state index in [-0.39, 0.29) is 17.2 Å². The normalized spacial score (nSPS) is 10.2. The molecule has 0 aliphatic carbocycles. The second-order valence-electron chi connectivity index (χ2n) is 7.06. The van der Waals surface area contributed by atoms with Crippen molar-refractivity contribution in [2.75, 3.05) is 32.2 Å². The van der Waals surface area contributed by atoms with Gasteiger partial charge < -0.3 is 24.8 Å². The van der Waals surface area contributed by atoms with Gasteiger partial charge in [-0.05, 0) is 36.8 Å². The zero-order chi connectivity index (χ0) is 25.2. The van der Waals surface area contributed by atoms with E-state index in [1.165, 1.54) is 24.5 Å². The fourth-order valence-electron chi connectivity index (χ4n) is 2.98. The Morgan fingerprint density at radius 1 is 0.943 bits per heavy atom. The Bertz CT molecular complexity index is 1210. The molecule has 3 aromatic rings. The highest BCUT2D eigenvalue weighted by Crippen LogP contribution is 2.35. The first-order valence-electron chi connectivity index (χ1n) is 10.6. The second-order valence-corrected chi connectivity index (χ2v) is 8.12. The van der Waals surface area contributed by atoms with E-state index in [0.29, 0.717) is 11.3 Å². The van der Waals surface area contributed by atoms with E-state index in [1.807, 2.05) is 30.3 Å². The summed E-state index contributed by atoms with van der Waals surface area (Å²) in [4.78, 5) is 49.9. The standard InChI is InChI=1S/C25H24N2O7S/c1-3-33-25(31)23-19(13-20(35-23)16-8-5-4-6-9-16)27-21(28)15-34-22(29)14-26-24(30)17-10-7-11-18(12-17)32-2/h4-13H,3,14-15H2,1-2H3,(H,26,30)(H,27,28). The van der Waals surface area contributed by atoms with Crippen LogP contribution >= 0.6 is 11.3 Å². The molecule has 35 heavy (non-hydrogen) atoms. The van der Waals surface area contributed by atoms with Gasteiger partial charge in [0.05, 0.1) is 19.4 Å². The summed E-state index contributed by atoms with van der Waals surface area (Å²) in [5.41, 5.74) is 1.45. The molecule has 0 bridgehead atoms. The number of anilines is 1. The maximum absolute atomic E-state index is 12.4. The molecule has 9 nitrogen and oxygen atoms in total. The summed E-state index contributed by atoms with van der Waals surface area (Å²) in [5.74, 6) is -1.98. The molecule has 2 N–H and O–H groups in total. The largest absolute Gasteiger partial charge is 0.497 e. The third-order valence-electron chi connectivity index (χ3n) is 4.61. The van der Waals surface area contributed by atoms with Crippen LogP contribution in [0.25, 0.3) is 10.4 Å². The first-order valence-corrected chi connectivity index (χ1v) is 11.5. The molecule has 3 rings (SSSR count). The van der Waals surface area contributed by atoms with Crippen LogP contribution in [0.4, 0.5) is 5.69 Å². The molecule has 0 fully saturated rings. The van der Waals surface area contributed by atoms with Crippen LogP contribution in [-0.2, 0) is 19.1 Å². The van der Waals surface area contributed by atoms with E-state index < -0.39 is 36.9 Å². The van der Waals surface area contributed by atoms with Gasteiger partial charge in [0.2, 0.25) is 0 Å². The van der Waals surface area contributed by atoms with Gasteiger partial charge in [0.25, 0.3) is 11.8 Å². The van der Waals surface area contributed by atoms with Crippen LogP contribution in [-0.4, -0.2) is 50.6 Å². The number of rotatable bonds is 10. The van der Waals surface area contributed by atoms with Crippen LogP contribution in [0.2, 0.25) is 0 Å². The molecule has 10 heteroatoms. The molecule has 2 amide bonds. The molecule has 182 valence electrons. The van der Waals surface area contributed by atoms with Crippen LogP contribution in [0, 0.1) is 0 Å². The zero-order valence-corrected chi connectivity index (χ0v) is 20.0. The molecular formula is C25H24N2O7S. The van der Waals surface area contributed by atoms with E-state index in [9.17, 15) is 19.2 Å². The molecule has 0 spiro atoms. The van der Waals surface area contributed by atoms with Crippen LogP contribution in [0.5, 0.6) is 5.75 Å². The van der Waals surface area contributed by atoms with Crippen molar-refractivity contribution >= 4 is 40.8 Å². The molecule has 0 aliphatic heterocycles. The summed E-state index contributed by atoms with van der Waals surface area (Å²) >= 11 is 1.19. The second kappa shape index (κ2) is 12.3. The molecule has 0 aliphatic rings. The highest BCUT2D eigenvalue weighted by atomic mass is 32.1. The van der Waals surface area contributed by atoms with Crippen LogP contribution in [0.1, 0.15) is 27.0 Å². The third kappa shape index (κ3) is 7.15. The predicted octanol–water partition coefficient (Wildman–Crippen LogP) is 3.51. The number of thiophene rings is 1. The lowest BCUT2D eigenvalue weighted by Crippen LogP contribution is -2.32. The first kappa shape index (κ1) is 25.4. The Morgan fingerprint density at radius 2 is 1.71 bits per heavy atom. The molecule has 1 heterocycles. The van der Waals surface area contributed by atoms with Crippen molar-refractivity contribution in [2.24, 2.45) is 0 Å². The highest BCUT2D eigenvalue weighted by molar-refractivity contribution is 7.18. The lowest BCUT2D eigenvalue weighted by atomic mass is 10.2. The molecule has 2 aromatic carbocycles. The van der Waals surface area contributed by atoms with Crippen LogP contribution in [0.3, 0.4) is 0 Å². The van der Waals surface area contributed by atoms with Gasteiger partial charge in [0.1, 0.15) is 17.2 Å². The maximum atomic E-state index is 12.4. The van der Waals surface area contributed by atoms with Gasteiger partial charge in [-0.2, -0.15) is 0 Å². The first-order chi connectivity index (χ1) is 16.9. The molecule has 1 aromatic heterocycles. The monoisotopic (exact) mass is 496 g/mol. The molecule has 0 saturated heterocycles. The smallest absolute Gasteiger partial charge is 0.350 e. The topological polar surface area (TPSA) is 120 Å². The molecule has 0 atom stereocenters. The lowest BCUT2D eigenvalue weighted by Gasteiger charge is -2.08. The van der Waals surface area contributed by atoms with Crippen molar-refractivity contribution < 1.29 is 33.4 Å². The fourth-order valence-corrected chi connectivity index (χ4v) is 3.99. The highest BCUT2D eigenvalue weighted by Gasteiger charge is 2.20. The average Bonchev–Trinajstić information content (AvgIpc) is 3.30. The average molecular weight is 497 g/mol. The van der Waals surface area contributed by atoms with Crippen molar-refractivity contribution in [3.8, 4) is 16.2 Å². The molecule has 0 saturated carbocycles. The summed E-state index contributed by atoms with van der Waals surface area (Å²) < 4.78 is 15.1. The quantitative estimate of drug-likeness (QED) is 0.412. The Kier molecular flexibility index (Phi) is 8.96. The number of nitrogens with one attached hydrogen (secondary N) is 2. The van der Waals surface area contributed by atoms with Gasteiger partial charge in [0.15, 0.2) is 6.61 Å². The number of amides is 2. The van der Waals surface area contributed by atoms with Crippen molar-refractivity contribution in [3.63, 3.8) is 0 Å². The van der Waals surface area contributed by atoms with Gasteiger partial charge in [-0.25, -0.2) is 4.79 Å². The Morgan fingerprint density at radius 3 is 2.43 bits per heavy atom. The number of hydrogen-bond donors (Lipinski definition) is 2. The summed E-state index contributed by atoms with van der Waals surface area (Å²) in [5, 5.41) is 5.01. The van der Waals surface area contributed by atoms with Gasteiger partial charge >= 0.3 is 11.9 Å². The lowest BCUT2D eigenvalue weighted by molar-refractivity contribution is -0.146. The number of carbonyl (C=O) groups is 4. The van der Waals surface area contributed by atoms with Crippen LogP contribution in [0.15, 0.2) is 60.7 Å². The number of ether oxygens (including phenoxy) is 3. The van der Waals surface area contributed by atoms with Crippen LogP contribution < -0.4 is 15.4 Å². The van der Waals surface area contributed by atoms with E-state index in [1.54, 1.807) is 31.2 Å². The number of carbonyl (C=O) groups excluding carboxylic acids is 4. The Labute approximate surface area is 206 Å². The maximum Gasteiger partial charge on any atom is 0.350 e. The molecular weight excluding hydrogens is 472 g/mol. The van der Waals surface area contributed by atoms with Gasteiger partial charge in [-0.15, -0.1) is 11.3 Å². The van der Waals surface area contributed by atoms with Gasteiger partial charge in [-0.3, -0.25) is 14.4 Å². The number of methoxy groups -OCH3 is 1. The van der Waals surface area contributed by atoms with Crippen molar-refractivity contribution in [2.45, 2.75) is 6.92 Å². The SMILES string of the molecule is CCOC(=O)c1sc(-c2ccccc2)cc1NC(=O)COC(=O)CNC(=O)c1cccc(OC)c1. The summed E-state index contributed by atoms with van der Waals surface area (Å²) in [6.45, 7) is 0.860. The predicted molar refractivity (Wildman–Crippen MR) is 131 cm³/mol. The third-order valence-corrected chi connectivity index (χ3v) is 5.78. The number of esters is 2. The van der Waals surface area contributed by atoms with Gasteiger partial charge in [-0.1, -0.05) is 36.4 Å². The van der Waals surface area contributed by atoms with E-state index in [2.05, 4.69) is 10.6 Å². The summed E-state index contributed by atoms with van der Waals surface area (Å²) in [7, 11) is 1.48. The van der Waals surface area contributed by atoms with E-state index in [0.717, 1.165) is 10.4 Å². The Balaban J connectivity index is 1.56. The summed E-state index contributed by atoms with van der Waals surface area (Å²) in [6.07, 6.45) is 0. The molecule has 0 radical (unpaired) electrons. The fraction of sp³-hybridized carbons (Fsp3) is 0.200. The van der Waals surface area contributed by atoms with E-state index in [4.69, 9.17) is 14.2 Å². The minimum Gasteiger partial charge on any atom is -0.497 e.